The van der Waals surface area contributed by atoms with Crippen LogP contribution in [0, 0.1) is 6.92 Å². The lowest BCUT2D eigenvalue weighted by Crippen LogP contribution is -2.25. The summed E-state index contributed by atoms with van der Waals surface area (Å²) in [6.07, 6.45) is 1.62. The van der Waals surface area contributed by atoms with E-state index >= 15 is 0 Å². The summed E-state index contributed by atoms with van der Waals surface area (Å²) < 4.78 is 1.96. The molecule has 0 radical (unpaired) electrons. The zero-order valence-electron chi connectivity index (χ0n) is 16.2. The lowest BCUT2D eigenvalue weighted by Gasteiger charge is -2.08. The summed E-state index contributed by atoms with van der Waals surface area (Å²) in [4.78, 5) is 12.1. The van der Waals surface area contributed by atoms with Crippen LogP contribution in [0.15, 0.2) is 80.8 Å². The van der Waals surface area contributed by atoms with E-state index in [1.807, 2.05) is 37.3 Å². The molecule has 0 atom stereocenters. The van der Waals surface area contributed by atoms with Crippen molar-refractivity contribution < 1.29 is 4.79 Å². The summed E-state index contributed by atoms with van der Waals surface area (Å²) in [6.45, 7) is 2.15. The standard InChI is InChI=1S/C24H19Br2N3O/c1-15-22(25)8-16(9-23(15)26)13-28-29-24(30)14-27-21-7-6-19-10-17-4-2-3-5-18(17)11-20(19)12-21/h2-13,27H,14H2,1H3,(H,29,30)/b28-13+. The topological polar surface area (TPSA) is 53.5 Å². The lowest BCUT2D eigenvalue weighted by atomic mass is 10.0. The van der Waals surface area contributed by atoms with Crippen LogP contribution >= 0.6 is 31.9 Å². The Morgan fingerprint density at radius 2 is 1.53 bits per heavy atom. The highest BCUT2D eigenvalue weighted by Gasteiger charge is 2.04. The first-order valence-corrected chi connectivity index (χ1v) is 11.0. The van der Waals surface area contributed by atoms with Crippen molar-refractivity contribution in [2.45, 2.75) is 6.92 Å². The minimum absolute atomic E-state index is 0.137. The molecular formula is C24H19Br2N3O. The van der Waals surface area contributed by atoms with E-state index in [-0.39, 0.29) is 12.5 Å². The molecule has 1 amide bonds. The number of halogens is 2. The number of carbonyl (C=O) groups is 1. The Labute approximate surface area is 191 Å². The van der Waals surface area contributed by atoms with Gasteiger partial charge in [0, 0.05) is 14.6 Å². The number of rotatable bonds is 5. The van der Waals surface area contributed by atoms with Crippen LogP contribution in [0.25, 0.3) is 21.5 Å². The van der Waals surface area contributed by atoms with Crippen LogP contribution in [-0.2, 0) is 4.79 Å². The van der Waals surface area contributed by atoms with Crippen LogP contribution in [0.1, 0.15) is 11.1 Å². The molecule has 0 aromatic heterocycles. The van der Waals surface area contributed by atoms with Crippen LogP contribution in [-0.4, -0.2) is 18.7 Å². The van der Waals surface area contributed by atoms with Crippen LogP contribution in [0.2, 0.25) is 0 Å². The maximum atomic E-state index is 12.1. The lowest BCUT2D eigenvalue weighted by molar-refractivity contribution is -0.119. The Bertz CT molecular complexity index is 1260. The summed E-state index contributed by atoms with van der Waals surface area (Å²) in [7, 11) is 0. The molecule has 0 heterocycles. The van der Waals surface area contributed by atoms with Crippen molar-refractivity contribution in [2.75, 3.05) is 11.9 Å². The number of hydrogen-bond donors (Lipinski definition) is 2. The molecule has 150 valence electrons. The molecule has 4 aromatic rings. The number of nitrogens with one attached hydrogen (secondary N) is 2. The minimum Gasteiger partial charge on any atom is -0.376 e. The summed E-state index contributed by atoms with van der Waals surface area (Å²) in [5.74, 6) is -0.213. The molecule has 6 heteroatoms. The van der Waals surface area contributed by atoms with Crippen molar-refractivity contribution in [1.82, 2.24) is 5.43 Å². The molecule has 0 aliphatic rings. The Hall–Kier alpha value is -2.70. The molecule has 0 saturated heterocycles. The monoisotopic (exact) mass is 523 g/mol. The quantitative estimate of drug-likeness (QED) is 0.180. The third-order valence-corrected chi connectivity index (χ3v) is 6.51. The van der Waals surface area contributed by atoms with Crippen LogP contribution in [0.4, 0.5) is 5.69 Å². The van der Waals surface area contributed by atoms with E-state index in [0.717, 1.165) is 31.1 Å². The zero-order valence-corrected chi connectivity index (χ0v) is 19.4. The van der Waals surface area contributed by atoms with Crippen molar-refractivity contribution >= 4 is 71.2 Å². The summed E-state index contributed by atoms with van der Waals surface area (Å²) in [6, 6.07) is 22.6. The van der Waals surface area contributed by atoms with Gasteiger partial charge in [-0.15, -0.1) is 0 Å². The van der Waals surface area contributed by atoms with E-state index in [1.165, 1.54) is 16.2 Å². The second kappa shape index (κ2) is 8.98. The van der Waals surface area contributed by atoms with Gasteiger partial charge in [0.1, 0.15) is 0 Å². The fourth-order valence-corrected chi connectivity index (χ4v) is 4.41. The normalized spacial score (nSPS) is 11.3. The zero-order chi connectivity index (χ0) is 21.1. The summed E-state index contributed by atoms with van der Waals surface area (Å²) >= 11 is 7.02. The Balaban J connectivity index is 1.38. The second-order valence-corrected chi connectivity index (χ2v) is 8.73. The minimum atomic E-state index is -0.213. The van der Waals surface area contributed by atoms with Gasteiger partial charge >= 0.3 is 0 Å². The molecule has 4 nitrogen and oxygen atoms in total. The Kier molecular flexibility index (Phi) is 6.16. The number of nitrogens with zero attached hydrogens (tertiary/aromatic N) is 1. The fraction of sp³-hybridized carbons (Fsp3) is 0.0833. The number of anilines is 1. The highest BCUT2D eigenvalue weighted by molar-refractivity contribution is 9.11. The summed E-state index contributed by atoms with van der Waals surface area (Å²) in [5, 5.41) is 11.9. The van der Waals surface area contributed by atoms with Crippen LogP contribution in [0.5, 0.6) is 0 Å². The first-order valence-electron chi connectivity index (χ1n) is 9.43. The molecule has 0 saturated carbocycles. The van der Waals surface area contributed by atoms with Crippen molar-refractivity contribution in [3.63, 3.8) is 0 Å². The molecule has 0 fully saturated rings. The van der Waals surface area contributed by atoms with Gasteiger partial charge < -0.3 is 5.32 Å². The Morgan fingerprint density at radius 1 is 0.900 bits per heavy atom. The van der Waals surface area contributed by atoms with E-state index in [2.05, 4.69) is 84.1 Å². The van der Waals surface area contributed by atoms with Gasteiger partial charge in [-0.05, 0) is 76.0 Å². The molecule has 0 unspecified atom stereocenters. The van der Waals surface area contributed by atoms with Gasteiger partial charge in [0.05, 0.1) is 12.8 Å². The molecule has 2 N–H and O–H groups in total. The number of carbonyl (C=O) groups excluding carboxylic acids is 1. The molecular weight excluding hydrogens is 506 g/mol. The highest BCUT2D eigenvalue weighted by atomic mass is 79.9. The van der Waals surface area contributed by atoms with E-state index in [4.69, 9.17) is 0 Å². The van der Waals surface area contributed by atoms with E-state index in [0.29, 0.717) is 0 Å². The predicted molar refractivity (Wildman–Crippen MR) is 132 cm³/mol. The summed E-state index contributed by atoms with van der Waals surface area (Å²) in [5.41, 5.74) is 5.44. The largest absolute Gasteiger partial charge is 0.376 e. The first-order chi connectivity index (χ1) is 14.5. The third-order valence-electron chi connectivity index (χ3n) is 4.86. The van der Waals surface area contributed by atoms with Crippen molar-refractivity contribution in [3.8, 4) is 0 Å². The fourth-order valence-electron chi connectivity index (χ4n) is 3.19. The molecule has 0 aliphatic carbocycles. The van der Waals surface area contributed by atoms with Crippen molar-refractivity contribution in [1.29, 1.82) is 0 Å². The van der Waals surface area contributed by atoms with Crippen molar-refractivity contribution in [3.05, 3.63) is 86.8 Å². The maximum Gasteiger partial charge on any atom is 0.259 e. The Morgan fingerprint density at radius 3 is 2.23 bits per heavy atom. The van der Waals surface area contributed by atoms with Gasteiger partial charge in [0.15, 0.2) is 0 Å². The molecule has 4 rings (SSSR count). The average molecular weight is 525 g/mol. The van der Waals surface area contributed by atoms with Crippen LogP contribution in [0.3, 0.4) is 0 Å². The number of fused-ring (bicyclic) bond motifs is 2. The predicted octanol–water partition coefficient (Wildman–Crippen LogP) is 6.39. The van der Waals surface area contributed by atoms with E-state index in [9.17, 15) is 4.79 Å². The van der Waals surface area contributed by atoms with Crippen LogP contribution < -0.4 is 10.7 Å². The molecule has 30 heavy (non-hydrogen) atoms. The highest BCUT2D eigenvalue weighted by Crippen LogP contribution is 2.26. The SMILES string of the molecule is Cc1c(Br)cc(/C=N/NC(=O)CNc2ccc3cc4ccccc4cc3c2)cc1Br. The van der Waals surface area contributed by atoms with Gasteiger partial charge in [0.2, 0.25) is 0 Å². The van der Waals surface area contributed by atoms with Gasteiger partial charge in [-0.25, -0.2) is 5.43 Å². The van der Waals surface area contributed by atoms with Gasteiger partial charge in [-0.3, -0.25) is 4.79 Å². The number of amides is 1. The number of benzene rings is 4. The van der Waals surface area contributed by atoms with Gasteiger partial charge in [0.25, 0.3) is 5.91 Å². The molecule has 0 aliphatic heterocycles. The van der Waals surface area contributed by atoms with Crippen molar-refractivity contribution in [2.24, 2.45) is 5.10 Å². The smallest absolute Gasteiger partial charge is 0.259 e. The van der Waals surface area contributed by atoms with Gasteiger partial charge in [-0.1, -0.05) is 62.2 Å². The molecule has 4 aromatic carbocycles. The van der Waals surface area contributed by atoms with E-state index in [1.54, 1.807) is 6.21 Å². The maximum absolute atomic E-state index is 12.1. The average Bonchev–Trinajstić information content (AvgIpc) is 2.74. The third kappa shape index (κ3) is 4.71. The first kappa shape index (κ1) is 20.6. The molecule has 0 bridgehead atoms. The number of hydrogen-bond acceptors (Lipinski definition) is 3. The van der Waals surface area contributed by atoms with E-state index < -0.39 is 0 Å². The second-order valence-electron chi connectivity index (χ2n) is 7.02. The number of hydrazone groups is 1. The molecule has 0 spiro atoms. The van der Waals surface area contributed by atoms with Gasteiger partial charge in [-0.2, -0.15) is 5.10 Å².